The third kappa shape index (κ3) is 4.62. The number of halogens is 1. The van der Waals surface area contributed by atoms with E-state index < -0.39 is 6.04 Å². The summed E-state index contributed by atoms with van der Waals surface area (Å²) in [5.41, 5.74) is 11.8. The Morgan fingerprint density at radius 1 is 0.970 bits per heavy atom. The van der Waals surface area contributed by atoms with Gasteiger partial charge in [0, 0.05) is 41.4 Å². The lowest BCUT2D eigenvalue weighted by atomic mass is 10.0. The number of aromatic nitrogens is 1. The molecule has 2 heterocycles. The SMILES string of the molecule is Cl.NC(Cc1c[nH]c2ccccc12)C(=O)N1Cc2ccc(NC(=O)c3ccccc3)cc2C1. The highest BCUT2D eigenvalue weighted by Crippen LogP contribution is 2.27. The first-order chi connectivity index (χ1) is 15.6. The molecule has 1 aliphatic heterocycles. The number of benzene rings is 3. The van der Waals surface area contributed by atoms with Crippen LogP contribution in [0.15, 0.2) is 79.0 Å². The van der Waals surface area contributed by atoms with Crippen LogP contribution in [0.5, 0.6) is 0 Å². The lowest BCUT2D eigenvalue weighted by Crippen LogP contribution is -2.42. The maximum atomic E-state index is 13.0. The van der Waals surface area contributed by atoms with E-state index in [2.05, 4.69) is 10.3 Å². The molecule has 0 saturated carbocycles. The summed E-state index contributed by atoms with van der Waals surface area (Å²) in [4.78, 5) is 30.5. The number of aromatic amines is 1. The van der Waals surface area contributed by atoms with E-state index in [-0.39, 0.29) is 24.2 Å². The number of para-hydroxylation sites is 1. The molecule has 0 aliphatic carbocycles. The molecule has 0 fully saturated rings. The van der Waals surface area contributed by atoms with E-state index in [9.17, 15) is 9.59 Å². The molecule has 0 bridgehead atoms. The molecule has 6 nitrogen and oxygen atoms in total. The second kappa shape index (κ2) is 9.48. The number of amides is 2. The van der Waals surface area contributed by atoms with Gasteiger partial charge < -0.3 is 20.9 Å². The molecular weight excluding hydrogens is 436 g/mol. The number of carbonyl (C=O) groups excluding carboxylic acids is 2. The topological polar surface area (TPSA) is 91.2 Å². The van der Waals surface area contributed by atoms with E-state index in [4.69, 9.17) is 5.73 Å². The fraction of sp³-hybridized carbons (Fsp3) is 0.154. The summed E-state index contributed by atoms with van der Waals surface area (Å²) in [7, 11) is 0. The van der Waals surface area contributed by atoms with E-state index in [1.165, 1.54) is 0 Å². The van der Waals surface area contributed by atoms with E-state index in [0.717, 1.165) is 33.3 Å². The van der Waals surface area contributed by atoms with Crippen LogP contribution >= 0.6 is 12.4 Å². The lowest BCUT2D eigenvalue weighted by molar-refractivity contribution is -0.133. The molecule has 1 aliphatic rings. The number of carbonyl (C=O) groups is 2. The number of H-pyrrole nitrogens is 1. The zero-order valence-electron chi connectivity index (χ0n) is 18.0. The van der Waals surface area contributed by atoms with Crippen molar-refractivity contribution in [2.24, 2.45) is 5.73 Å². The average molecular weight is 461 g/mol. The number of nitrogens with one attached hydrogen (secondary N) is 2. The molecule has 5 rings (SSSR count). The Morgan fingerprint density at radius 2 is 1.70 bits per heavy atom. The lowest BCUT2D eigenvalue weighted by Gasteiger charge is -2.20. The van der Waals surface area contributed by atoms with Crippen LogP contribution in [-0.4, -0.2) is 27.7 Å². The standard InChI is InChI=1S/C26H24N4O2.ClH/c27-23(13-19-14-28-24-9-5-4-8-22(19)24)26(32)30-15-18-10-11-21(12-20(18)16-30)29-25(31)17-6-2-1-3-7-17;/h1-12,14,23,28H,13,15-16,27H2,(H,29,31);1H. The number of nitrogens with two attached hydrogens (primary N) is 1. The first-order valence-corrected chi connectivity index (χ1v) is 10.7. The molecule has 4 aromatic rings. The normalized spacial score (nSPS) is 13.3. The van der Waals surface area contributed by atoms with Crippen LogP contribution in [0.3, 0.4) is 0 Å². The van der Waals surface area contributed by atoms with Gasteiger partial charge in [-0.3, -0.25) is 9.59 Å². The minimum Gasteiger partial charge on any atom is -0.361 e. The van der Waals surface area contributed by atoms with Crippen molar-refractivity contribution in [1.29, 1.82) is 0 Å². The van der Waals surface area contributed by atoms with Crippen molar-refractivity contribution in [3.63, 3.8) is 0 Å². The van der Waals surface area contributed by atoms with Crippen molar-refractivity contribution in [3.05, 3.63) is 101 Å². The first-order valence-electron chi connectivity index (χ1n) is 10.7. The summed E-state index contributed by atoms with van der Waals surface area (Å²) in [6.45, 7) is 1.02. The highest BCUT2D eigenvalue weighted by Gasteiger charge is 2.28. The highest BCUT2D eigenvalue weighted by molar-refractivity contribution is 6.04. The summed E-state index contributed by atoms with van der Waals surface area (Å²) < 4.78 is 0. The number of fused-ring (bicyclic) bond motifs is 2. The second-order valence-electron chi connectivity index (χ2n) is 8.17. The summed E-state index contributed by atoms with van der Waals surface area (Å²) >= 11 is 0. The van der Waals surface area contributed by atoms with Gasteiger partial charge in [-0.25, -0.2) is 0 Å². The van der Waals surface area contributed by atoms with Crippen LogP contribution in [0.2, 0.25) is 0 Å². The molecule has 3 aromatic carbocycles. The van der Waals surface area contributed by atoms with Gasteiger partial charge in [-0.2, -0.15) is 0 Å². The molecule has 4 N–H and O–H groups in total. The average Bonchev–Trinajstić information content (AvgIpc) is 3.43. The predicted octanol–water partition coefficient (Wildman–Crippen LogP) is 4.25. The molecule has 168 valence electrons. The Balaban J connectivity index is 0.00000259. The van der Waals surface area contributed by atoms with Crippen molar-refractivity contribution < 1.29 is 9.59 Å². The van der Waals surface area contributed by atoms with Gasteiger partial charge in [0.1, 0.15) is 0 Å². The molecule has 1 aromatic heterocycles. The third-order valence-corrected chi connectivity index (χ3v) is 5.97. The predicted molar refractivity (Wildman–Crippen MR) is 132 cm³/mol. The monoisotopic (exact) mass is 460 g/mol. The number of nitrogens with zero attached hydrogens (tertiary/aromatic N) is 1. The molecular formula is C26H25ClN4O2. The summed E-state index contributed by atoms with van der Waals surface area (Å²) in [6.07, 6.45) is 2.41. The first kappa shape index (κ1) is 22.6. The van der Waals surface area contributed by atoms with Crippen molar-refractivity contribution in [3.8, 4) is 0 Å². The Kier molecular flexibility index (Phi) is 6.49. The number of hydrogen-bond donors (Lipinski definition) is 3. The van der Waals surface area contributed by atoms with Crippen molar-refractivity contribution in [2.75, 3.05) is 5.32 Å². The van der Waals surface area contributed by atoms with Crippen molar-refractivity contribution in [2.45, 2.75) is 25.6 Å². The molecule has 1 unspecified atom stereocenters. The van der Waals surface area contributed by atoms with Crippen molar-refractivity contribution >= 4 is 40.8 Å². The minimum atomic E-state index is -0.610. The quantitative estimate of drug-likeness (QED) is 0.415. The molecule has 1 atom stereocenters. The summed E-state index contributed by atoms with van der Waals surface area (Å²) in [5, 5.41) is 4.03. The Labute approximate surface area is 198 Å². The van der Waals surface area contributed by atoms with Crippen LogP contribution in [0.25, 0.3) is 10.9 Å². The number of anilines is 1. The minimum absolute atomic E-state index is 0. The fourth-order valence-corrected chi connectivity index (χ4v) is 4.28. The van der Waals surface area contributed by atoms with Crippen molar-refractivity contribution in [1.82, 2.24) is 9.88 Å². The maximum Gasteiger partial charge on any atom is 0.255 e. The number of rotatable bonds is 5. The smallest absolute Gasteiger partial charge is 0.255 e. The van der Waals surface area contributed by atoms with E-state index in [1.54, 1.807) is 17.0 Å². The summed E-state index contributed by atoms with van der Waals surface area (Å²) in [5.74, 6) is -0.224. The van der Waals surface area contributed by atoms with E-state index in [1.807, 2.05) is 66.9 Å². The van der Waals surface area contributed by atoms with Crippen LogP contribution in [-0.2, 0) is 24.3 Å². The summed E-state index contributed by atoms with van der Waals surface area (Å²) in [6, 6.07) is 22.3. The van der Waals surface area contributed by atoms with Crippen LogP contribution in [0, 0.1) is 0 Å². The molecule has 2 amide bonds. The largest absolute Gasteiger partial charge is 0.361 e. The third-order valence-electron chi connectivity index (χ3n) is 5.97. The molecule has 7 heteroatoms. The van der Waals surface area contributed by atoms with Crippen LogP contribution < -0.4 is 11.1 Å². The van der Waals surface area contributed by atoms with Crippen LogP contribution in [0.1, 0.15) is 27.0 Å². The zero-order chi connectivity index (χ0) is 22.1. The molecule has 0 saturated heterocycles. The van der Waals surface area contributed by atoms with Gasteiger partial charge in [-0.15, -0.1) is 12.4 Å². The number of hydrogen-bond acceptors (Lipinski definition) is 3. The van der Waals surface area contributed by atoms with Crippen LogP contribution in [0.4, 0.5) is 5.69 Å². The fourth-order valence-electron chi connectivity index (χ4n) is 4.28. The van der Waals surface area contributed by atoms with Gasteiger partial charge in [0.05, 0.1) is 6.04 Å². The second-order valence-corrected chi connectivity index (χ2v) is 8.17. The van der Waals surface area contributed by atoms with Gasteiger partial charge in [0.15, 0.2) is 0 Å². The highest BCUT2D eigenvalue weighted by atomic mass is 35.5. The molecule has 0 radical (unpaired) electrons. The van der Waals surface area contributed by atoms with Gasteiger partial charge in [0.2, 0.25) is 5.91 Å². The van der Waals surface area contributed by atoms with Gasteiger partial charge in [-0.05, 0) is 53.4 Å². The molecule has 33 heavy (non-hydrogen) atoms. The Hall–Kier alpha value is -3.61. The Bertz CT molecular complexity index is 1300. The van der Waals surface area contributed by atoms with Gasteiger partial charge in [-0.1, -0.05) is 42.5 Å². The van der Waals surface area contributed by atoms with Gasteiger partial charge >= 0.3 is 0 Å². The molecule has 0 spiro atoms. The zero-order valence-corrected chi connectivity index (χ0v) is 18.8. The van der Waals surface area contributed by atoms with E-state index >= 15 is 0 Å². The van der Waals surface area contributed by atoms with E-state index in [0.29, 0.717) is 25.1 Å². The van der Waals surface area contributed by atoms with Gasteiger partial charge in [0.25, 0.3) is 5.91 Å². The maximum absolute atomic E-state index is 13.0. The Morgan fingerprint density at radius 3 is 2.52 bits per heavy atom.